The maximum absolute atomic E-state index is 3.94. The maximum Gasteiger partial charge on any atom is -0.0120 e. The zero-order valence-electron chi connectivity index (χ0n) is 10.8. The Bertz CT molecular complexity index is 476. The van der Waals surface area contributed by atoms with Crippen LogP contribution in [0.4, 0.5) is 0 Å². The lowest BCUT2D eigenvalue weighted by Gasteiger charge is -2.15. The zero-order valence-corrected chi connectivity index (χ0v) is 10.8. The molecule has 2 aliphatic rings. The lowest BCUT2D eigenvalue weighted by molar-refractivity contribution is 0.908. The van der Waals surface area contributed by atoms with Gasteiger partial charge in [0.2, 0.25) is 0 Å². The molecular weight excluding hydrogens is 204 g/mol. The van der Waals surface area contributed by atoms with Gasteiger partial charge in [0.1, 0.15) is 0 Å². The van der Waals surface area contributed by atoms with E-state index in [9.17, 15) is 0 Å². The van der Waals surface area contributed by atoms with Crippen LogP contribution in [-0.4, -0.2) is 0 Å². The summed E-state index contributed by atoms with van der Waals surface area (Å²) in [5, 5.41) is 0. The first kappa shape index (κ1) is 11.9. The van der Waals surface area contributed by atoms with Crippen LogP contribution in [-0.2, 0) is 0 Å². The molecule has 0 unspecified atom stereocenters. The Morgan fingerprint density at radius 1 is 1.35 bits per heavy atom. The van der Waals surface area contributed by atoms with Crippen LogP contribution in [0.2, 0.25) is 0 Å². The predicted octanol–water partition coefficient (Wildman–Crippen LogP) is 5.04. The highest BCUT2D eigenvalue weighted by Crippen LogP contribution is 2.35. The lowest BCUT2D eigenvalue weighted by atomic mass is 9.90. The molecule has 0 atom stereocenters. The molecule has 0 N–H and O–H groups in total. The van der Waals surface area contributed by atoms with Crippen molar-refractivity contribution >= 4 is 0 Å². The van der Waals surface area contributed by atoms with Gasteiger partial charge in [0.25, 0.3) is 0 Å². The van der Waals surface area contributed by atoms with Crippen molar-refractivity contribution in [1.29, 1.82) is 0 Å². The smallest absolute Gasteiger partial charge is 0.0120 e. The third-order valence-corrected chi connectivity index (χ3v) is 3.52. The second-order valence-electron chi connectivity index (χ2n) is 4.56. The zero-order chi connectivity index (χ0) is 12.3. The van der Waals surface area contributed by atoms with Gasteiger partial charge in [0.15, 0.2) is 0 Å². The minimum atomic E-state index is 1.07. The van der Waals surface area contributed by atoms with Crippen molar-refractivity contribution in [2.75, 3.05) is 0 Å². The molecule has 17 heavy (non-hydrogen) atoms. The summed E-state index contributed by atoms with van der Waals surface area (Å²) < 4.78 is 0. The van der Waals surface area contributed by atoms with Crippen LogP contribution in [0.1, 0.15) is 33.1 Å². The van der Waals surface area contributed by atoms with Crippen molar-refractivity contribution in [2.24, 2.45) is 0 Å². The fraction of sp³-hybridized carbons (Fsp3) is 0.294. The molecule has 0 aromatic carbocycles. The standard InChI is InChI=1S/C17H20/c1-4-8-16-13(3)17-10-7-6-9-15(17)12-11-14(16)5-2/h4-5,7-8,10-11H,2,6,9,12H2,1,3H3/b8-4-. The van der Waals surface area contributed by atoms with Crippen molar-refractivity contribution in [2.45, 2.75) is 33.1 Å². The van der Waals surface area contributed by atoms with Gasteiger partial charge in [-0.1, -0.05) is 48.6 Å². The van der Waals surface area contributed by atoms with Crippen LogP contribution in [0.5, 0.6) is 0 Å². The van der Waals surface area contributed by atoms with Crippen molar-refractivity contribution in [3.05, 3.63) is 70.9 Å². The fourth-order valence-corrected chi connectivity index (χ4v) is 2.60. The van der Waals surface area contributed by atoms with E-state index in [0.717, 1.165) is 6.42 Å². The molecule has 0 radical (unpaired) electrons. The Labute approximate surface area is 104 Å². The fourth-order valence-electron chi connectivity index (χ4n) is 2.60. The van der Waals surface area contributed by atoms with Gasteiger partial charge in [-0.2, -0.15) is 0 Å². The van der Waals surface area contributed by atoms with Crippen LogP contribution in [0, 0.1) is 0 Å². The summed E-state index contributed by atoms with van der Waals surface area (Å²) in [6.45, 7) is 8.23. The highest BCUT2D eigenvalue weighted by molar-refractivity contribution is 5.59. The van der Waals surface area contributed by atoms with Crippen molar-refractivity contribution < 1.29 is 0 Å². The lowest BCUT2D eigenvalue weighted by Crippen LogP contribution is -1.96. The monoisotopic (exact) mass is 224 g/mol. The molecule has 0 bridgehead atoms. The van der Waals surface area contributed by atoms with E-state index >= 15 is 0 Å². The van der Waals surface area contributed by atoms with Gasteiger partial charge in [-0.25, -0.2) is 0 Å². The van der Waals surface area contributed by atoms with Crippen molar-refractivity contribution in [1.82, 2.24) is 0 Å². The summed E-state index contributed by atoms with van der Waals surface area (Å²) in [4.78, 5) is 0. The SMILES string of the molecule is C=CC1=CCC2=C(C=CCC2)C(C)=C1/C=C\C. The maximum atomic E-state index is 3.94. The molecule has 0 saturated carbocycles. The van der Waals surface area contributed by atoms with E-state index < -0.39 is 0 Å². The molecule has 0 amide bonds. The molecule has 88 valence electrons. The Morgan fingerprint density at radius 2 is 2.18 bits per heavy atom. The van der Waals surface area contributed by atoms with Crippen molar-refractivity contribution in [3.63, 3.8) is 0 Å². The average Bonchev–Trinajstić information content (AvgIpc) is 2.49. The van der Waals surface area contributed by atoms with E-state index in [4.69, 9.17) is 0 Å². The van der Waals surface area contributed by atoms with E-state index in [2.05, 4.69) is 50.8 Å². The summed E-state index contributed by atoms with van der Waals surface area (Å²) in [5.41, 5.74) is 6.99. The van der Waals surface area contributed by atoms with E-state index in [0.29, 0.717) is 0 Å². The molecule has 0 nitrogen and oxygen atoms in total. The Morgan fingerprint density at radius 3 is 2.88 bits per heavy atom. The molecule has 0 heteroatoms. The summed E-state index contributed by atoms with van der Waals surface area (Å²) in [7, 11) is 0. The molecule has 2 aliphatic carbocycles. The Kier molecular flexibility index (Phi) is 3.63. The van der Waals surface area contributed by atoms with Crippen molar-refractivity contribution in [3.8, 4) is 0 Å². The first-order valence-electron chi connectivity index (χ1n) is 6.33. The minimum absolute atomic E-state index is 1.07. The van der Waals surface area contributed by atoms with Crippen LogP contribution < -0.4 is 0 Å². The largest absolute Gasteiger partial charge is 0.0985 e. The number of hydrogen-bond donors (Lipinski definition) is 0. The summed E-state index contributed by atoms with van der Waals surface area (Å²) in [6, 6.07) is 0. The molecule has 0 saturated heterocycles. The van der Waals surface area contributed by atoms with E-state index in [1.165, 1.54) is 35.1 Å². The van der Waals surface area contributed by atoms with Crippen LogP contribution >= 0.6 is 0 Å². The summed E-state index contributed by atoms with van der Waals surface area (Å²) in [6.07, 6.45) is 16.6. The van der Waals surface area contributed by atoms with Gasteiger partial charge in [0.05, 0.1) is 0 Å². The van der Waals surface area contributed by atoms with E-state index in [1.54, 1.807) is 5.57 Å². The number of allylic oxidation sites excluding steroid dienone is 11. The quantitative estimate of drug-likeness (QED) is 0.616. The highest BCUT2D eigenvalue weighted by Gasteiger charge is 2.16. The minimum Gasteiger partial charge on any atom is -0.0985 e. The molecular formula is C17H20. The predicted molar refractivity (Wildman–Crippen MR) is 75.8 cm³/mol. The molecule has 0 fully saturated rings. The van der Waals surface area contributed by atoms with E-state index in [-0.39, 0.29) is 0 Å². The topological polar surface area (TPSA) is 0 Å². The third kappa shape index (κ3) is 2.26. The van der Waals surface area contributed by atoms with Crippen LogP contribution in [0.15, 0.2) is 70.9 Å². The molecule has 0 heterocycles. The molecule has 2 rings (SSSR count). The molecule has 0 aromatic rings. The molecule has 0 aromatic heterocycles. The second-order valence-corrected chi connectivity index (χ2v) is 4.56. The van der Waals surface area contributed by atoms with Crippen LogP contribution in [0.3, 0.4) is 0 Å². The van der Waals surface area contributed by atoms with Crippen LogP contribution in [0.25, 0.3) is 0 Å². The second kappa shape index (κ2) is 5.18. The molecule has 0 spiro atoms. The number of hydrogen-bond acceptors (Lipinski definition) is 0. The van der Waals surface area contributed by atoms with Gasteiger partial charge >= 0.3 is 0 Å². The Balaban J connectivity index is 2.58. The van der Waals surface area contributed by atoms with Gasteiger partial charge < -0.3 is 0 Å². The number of rotatable bonds is 2. The van der Waals surface area contributed by atoms with E-state index in [1.807, 2.05) is 6.08 Å². The van der Waals surface area contributed by atoms with Gasteiger partial charge in [0, 0.05) is 0 Å². The van der Waals surface area contributed by atoms with Gasteiger partial charge in [-0.05, 0) is 55.4 Å². The third-order valence-electron chi connectivity index (χ3n) is 3.52. The summed E-state index contributed by atoms with van der Waals surface area (Å²) >= 11 is 0. The normalized spacial score (nSPS) is 20.5. The molecule has 0 aliphatic heterocycles. The van der Waals surface area contributed by atoms with Gasteiger partial charge in [-0.3, -0.25) is 0 Å². The first-order chi connectivity index (χ1) is 8.27. The average molecular weight is 224 g/mol. The summed E-state index contributed by atoms with van der Waals surface area (Å²) in [5.74, 6) is 0. The first-order valence-corrected chi connectivity index (χ1v) is 6.33. The highest BCUT2D eigenvalue weighted by atomic mass is 14.2. The van der Waals surface area contributed by atoms with Gasteiger partial charge in [-0.15, -0.1) is 0 Å². The Hall–Kier alpha value is -1.56.